The Morgan fingerprint density at radius 3 is 2.59 bits per heavy atom. The predicted octanol–water partition coefficient (Wildman–Crippen LogP) is 5.25. The van der Waals surface area contributed by atoms with Gasteiger partial charge in [0.1, 0.15) is 0 Å². The first-order chi connectivity index (χ1) is 16.4. The summed E-state index contributed by atoms with van der Waals surface area (Å²) in [7, 11) is 0. The number of thiophene rings is 1. The summed E-state index contributed by atoms with van der Waals surface area (Å²) < 4.78 is 1.89. The highest BCUT2D eigenvalue weighted by Gasteiger charge is 2.49. The fraction of sp³-hybridized carbons (Fsp3) is 0.296. The van der Waals surface area contributed by atoms with Crippen molar-refractivity contribution in [3.05, 3.63) is 71.4 Å². The lowest BCUT2D eigenvalue weighted by Gasteiger charge is -2.49. The number of hydrogen-bond donors (Lipinski definition) is 2. The molecule has 4 heterocycles. The van der Waals surface area contributed by atoms with Crippen molar-refractivity contribution < 1.29 is 5.11 Å². The van der Waals surface area contributed by atoms with Gasteiger partial charge in [0.15, 0.2) is 11.3 Å². The molecule has 2 saturated carbocycles. The lowest BCUT2D eigenvalue weighted by atomic mass is 9.63. The van der Waals surface area contributed by atoms with Crippen LogP contribution in [-0.2, 0) is 5.54 Å². The molecule has 7 rings (SSSR count). The second kappa shape index (κ2) is 6.95. The van der Waals surface area contributed by atoms with Crippen molar-refractivity contribution in [2.45, 2.75) is 49.7 Å². The molecule has 0 atom stereocenters. The number of aromatic nitrogens is 4. The molecule has 1 aromatic carbocycles. The van der Waals surface area contributed by atoms with E-state index < -0.39 is 11.1 Å². The van der Waals surface area contributed by atoms with E-state index in [0.29, 0.717) is 18.8 Å². The van der Waals surface area contributed by atoms with E-state index in [2.05, 4.69) is 58.9 Å². The van der Waals surface area contributed by atoms with E-state index in [1.807, 2.05) is 17.6 Å². The molecule has 2 fully saturated rings. The summed E-state index contributed by atoms with van der Waals surface area (Å²) in [6.45, 7) is 1.85. The average Bonchev–Trinajstić information content (AvgIpc) is 3.33. The molecule has 0 radical (unpaired) electrons. The minimum absolute atomic E-state index is 0.471. The van der Waals surface area contributed by atoms with Gasteiger partial charge in [-0.2, -0.15) is 9.61 Å². The summed E-state index contributed by atoms with van der Waals surface area (Å²) >= 11 is 1.70. The van der Waals surface area contributed by atoms with Gasteiger partial charge in [0.25, 0.3) is 0 Å². The van der Waals surface area contributed by atoms with Gasteiger partial charge in [0, 0.05) is 45.1 Å². The van der Waals surface area contributed by atoms with Gasteiger partial charge < -0.3 is 10.8 Å². The van der Waals surface area contributed by atoms with Crippen LogP contribution in [0.15, 0.2) is 60.1 Å². The molecular formula is C27H25N5OS. The molecule has 0 saturated heterocycles. The van der Waals surface area contributed by atoms with Crippen LogP contribution < -0.4 is 5.73 Å². The number of rotatable bonds is 4. The van der Waals surface area contributed by atoms with Gasteiger partial charge in [-0.05, 0) is 55.7 Å². The largest absolute Gasteiger partial charge is 0.390 e. The van der Waals surface area contributed by atoms with Gasteiger partial charge in [0.2, 0.25) is 0 Å². The summed E-state index contributed by atoms with van der Waals surface area (Å²) in [5.74, 6) is 0.560. The lowest BCUT2D eigenvalue weighted by molar-refractivity contribution is -0.0738. The van der Waals surface area contributed by atoms with Crippen LogP contribution in [-0.4, -0.2) is 30.3 Å². The molecule has 2 aliphatic rings. The zero-order valence-electron chi connectivity index (χ0n) is 18.9. The Labute approximate surface area is 201 Å². The normalized spacial score (nSPS) is 24.6. The fourth-order valence-corrected chi connectivity index (χ4v) is 6.19. The Kier molecular flexibility index (Phi) is 4.14. The van der Waals surface area contributed by atoms with E-state index in [9.17, 15) is 5.11 Å². The molecular weight excluding hydrogens is 442 g/mol. The first kappa shape index (κ1) is 20.3. The number of nitrogens with two attached hydrogens (primary N) is 1. The smallest absolute Gasteiger partial charge is 0.165 e. The monoisotopic (exact) mass is 467 g/mol. The van der Waals surface area contributed by atoms with E-state index in [1.165, 1.54) is 12.8 Å². The third-order valence-corrected chi connectivity index (χ3v) is 8.09. The molecule has 0 aliphatic heterocycles. The van der Waals surface area contributed by atoms with E-state index >= 15 is 0 Å². The van der Waals surface area contributed by atoms with Gasteiger partial charge in [-0.25, -0.2) is 9.97 Å². The molecule has 3 N–H and O–H groups in total. The first-order valence-electron chi connectivity index (χ1n) is 11.7. The molecule has 6 nitrogen and oxygen atoms in total. The molecule has 0 amide bonds. The Bertz CT molecular complexity index is 1540. The molecule has 2 aliphatic carbocycles. The third-order valence-electron chi connectivity index (χ3n) is 7.18. The number of benzene rings is 1. The van der Waals surface area contributed by atoms with Crippen LogP contribution in [0.2, 0.25) is 0 Å². The lowest BCUT2D eigenvalue weighted by Crippen LogP contribution is -2.58. The number of fused-ring (bicyclic) bond motifs is 3. The number of hydrogen-bond acceptors (Lipinski definition) is 6. The topological polar surface area (TPSA) is 89.3 Å². The molecule has 5 aromatic rings. The highest BCUT2D eigenvalue weighted by atomic mass is 32.1. The van der Waals surface area contributed by atoms with Crippen molar-refractivity contribution >= 4 is 28.0 Å². The quantitative estimate of drug-likeness (QED) is 0.377. The van der Waals surface area contributed by atoms with Crippen LogP contribution in [0.1, 0.15) is 49.8 Å². The van der Waals surface area contributed by atoms with Crippen molar-refractivity contribution in [1.29, 1.82) is 0 Å². The summed E-state index contributed by atoms with van der Waals surface area (Å²) in [5.41, 5.74) is 12.3. The van der Waals surface area contributed by atoms with Gasteiger partial charge >= 0.3 is 0 Å². The van der Waals surface area contributed by atoms with Crippen molar-refractivity contribution in [3.63, 3.8) is 0 Å². The van der Waals surface area contributed by atoms with E-state index in [-0.39, 0.29) is 0 Å². The second-order valence-corrected chi connectivity index (χ2v) is 11.2. The zero-order valence-corrected chi connectivity index (χ0v) is 19.7. The maximum absolute atomic E-state index is 10.2. The summed E-state index contributed by atoms with van der Waals surface area (Å²) in [6.07, 6.45) is 5.45. The molecule has 0 bridgehead atoms. The summed E-state index contributed by atoms with van der Waals surface area (Å²) in [5, 5.41) is 18.1. The number of aliphatic hydroxyl groups is 1. The Morgan fingerprint density at radius 2 is 1.91 bits per heavy atom. The minimum atomic E-state index is -0.678. The SMILES string of the molecule is CC1(O)CC(N)(c2ccc(-c3nc4c(cnc5cc(C6CC6)nn54)cc3-c3cccs3)cc2)C1. The van der Waals surface area contributed by atoms with Crippen LogP contribution >= 0.6 is 11.3 Å². The summed E-state index contributed by atoms with van der Waals surface area (Å²) in [4.78, 5) is 11.0. The van der Waals surface area contributed by atoms with Crippen LogP contribution in [0, 0.1) is 0 Å². The predicted molar refractivity (Wildman–Crippen MR) is 135 cm³/mol. The fourth-order valence-electron chi connectivity index (χ4n) is 5.45. The second-order valence-electron chi connectivity index (χ2n) is 10.2. The number of pyridine rings is 1. The van der Waals surface area contributed by atoms with Gasteiger partial charge in [-0.1, -0.05) is 30.3 Å². The van der Waals surface area contributed by atoms with Crippen molar-refractivity contribution in [2.75, 3.05) is 0 Å². The molecule has 7 heteroatoms. The molecule has 0 spiro atoms. The Hall–Kier alpha value is -3.13. The van der Waals surface area contributed by atoms with Crippen LogP contribution in [0.3, 0.4) is 0 Å². The van der Waals surface area contributed by atoms with Gasteiger partial charge in [-0.3, -0.25) is 0 Å². The Morgan fingerprint density at radius 1 is 1.12 bits per heavy atom. The average molecular weight is 468 g/mol. The van der Waals surface area contributed by atoms with Gasteiger partial charge in [0.05, 0.1) is 17.0 Å². The number of nitrogens with zero attached hydrogens (tertiary/aromatic N) is 4. The molecule has 170 valence electrons. The standard InChI is InChI=1S/C27H25N5OS/c1-26(33)14-27(28,15-26)19-8-6-17(7-9-19)24-20(22-3-2-10-34-22)11-18-13-29-23-12-21(16-4-5-16)31-32(23)25(18)30-24/h2-3,6-13,16,33H,4-5,14-15,28H2,1H3. The molecule has 0 unspecified atom stereocenters. The van der Waals surface area contributed by atoms with Crippen LogP contribution in [0.5, 0.6) is 0 Å². The Balaban J connectivity index is 1.39. The molecule has 34 heavy (non-hydrogen) atoms. The van der Waals surface area contributed by atoms with Gasteiger partial charge in [-0.15, -0.1) is 11.3 Å². The maximum Gasteiger partial charge on any atom is 0.165 e. The van der Waals surface area contributed by atoms with E-state index in [4.69, 9.17) is 15.8 Å². The summed E-state index contributed by atoms with van der Waals surface area (Å²) in [6, 6.07) is 16.8. The maximum atomic E-state index is 10.2. The van der Waals surface area contributed by atoms with E-state index in [1.54, 1.807) is 11.3 Å². The third kappa shape index (κ3) is 3.19. The molecule has 4 aromatic heterocycles. The highest BCUT2D eigenvalue weighted by Crippen LogP contribution is 2.46. The minimum Gasteiger partial charge on any atom is -0.390 e. The zero-order chi connectivity index (χ0) is 23.1. The van der Waals surface area contributed by atoms with Crippen molar-refractivity contribution in [1.82, 2.24) is 19.6 Å². The highest BCUT2D eigenvalue weighted by molar-refractivity contribution is 7.13. The van der Waals surface area contributed by atoms with Crippen LogP contribution in [0.4, 0.5) is 0 Å². The van der Waals surface area contributed by atoms with Crippen LogP contribution in [0.25, 0.3) is 38.4 Å². The first-order valence-corrected chi connectivity index (χ1v) is 12.6. The van der Waals surface area contributed by atoms with Crippen molar-refractivity contribution in [3.8, 4) is 21.7 Å². The van der Waals surface area contributed by atoms with E-state index in [0.717, 1.165) is 49.6 Å². The van der Waals surface area contributed by atoms with Crippen molar-refractivity contribution in [2.24, 2.45) is 5.73 Å².